The Morgan fingerprint density at radius 1 is 1.21 bits per heavy atom. The summed E-state index contributed by atoms with van der Waals surface area (Å²) in [5, 5.41) is 0. The second kappa shape index (κ2) is 3.35. The summed E-state index contributed by atoms with van der Waals surface area (Å²) in [6, 6.07) is 8.61. The molecule has 0 amide bonds. The monoisotopic (exact) mass is 274 g/mol. The standard InChI is InChI=1S/C10H11BrO2S/c11-10(6-7-10)8-14(12,13)9-4-2-1-3-5-9/h1-5H,6-8H2. The number of halogens is 1. The molecule has 0 unspecified atom stereocenters. The van der Waals surface area contributed by atoms with Gasteiger partial charge in [0.2, 0.25) is 0 Å². The Morgan fingerprint density at radius 3 is 2.29 bits per heavy atom. The van der Waals surface area contributed by atoms with E-state index in [4.69, 9.17) is 0 Å². The predicted octanol–water partition coefficient (Wildman–Crippen LogP) is 2.39. The summed E-state index contributed by atoms with van der Waals surface area (Å²) in [6.45, 7) is 0. The van der Waals surface area contributed by atoms with Gasteiger partial charge in [0, 0.05) is 4.32 Å². The number of benzene rings is 1. The second-order valence-corrected chi connectivity index (χ2v) is 7.39. The van der Waals surface area contributed by atoms with Crippen molar-refractivity contribution in [3.8, 4) is 0 Å². The molecule has 1 aromatic rings. The van der Waals surface area contributed by atoms with Gasteiger partial charge in [-0.3, -0.25) is 0 Å². The molecule has 76 valence electrons. The summed E-state index contributed by atoms with van der Waals surface area (Å²) < 4.78 is 23.6. The van der Waals surface area contributed by atoms with E-state index in [2.05, 4.69) is 15.9 Å². The Morgan fingerprint density at radius 2 is 1.79 bits per heavy atom. The quantitative estimate of drug-likeness (QED) is 0.794. The molecule has 1 aromatic carbocycles. The van der Waals surface area contributed by atoms with E-state index < -0.39 is 9.84 Å². The fourth-order valence-electron chi connectivity index (χ4n) is 1.33. The van der Waals surface area contributed by atoms with Crippen LogP contribution in [0.4, 0.5) is 0 Å². The lowest BCUT2D eigenvalue weighted by molar-refractivity contribution is 0.594. The summed E-state index contributed by atoms with van der Waals surface area (Å²) in [5.41, 5.74) is 0. The third-order valence-electron chi connectivity index (χ3n) is 2.34. The van der Waals surface area contributed by atoms with Crippen LogP contribution in [0.3, 0.4) is 0 Å². The Balaban J connectivity index is 2.25. The van der Waals surface area contributed by atoms with Crippen LogP contribution in [-0.4, -0.2) is 18.5 Å². The molecule has 0 aliphatic heterocycles. The molecule has 0 heterocycles. The van der Waals surface area contributed by atoms with Crippen LogP contribution < -0.4 is 0 Å². The number of alkyl halides is 1. The fraction of sp³-hybridized carbons (Fsp3) is 0.400. The van der Waals surface area contributed by atoms with E-state index in [1.807, 2.05) is 6.07 Å². The van der Waals surface area contributed by atoms with Gasteiger partial charge < -0.3 is 0 Å². The van der Waals surface area contributed by atoms with Crippen molar-refractivity contribution in [3.05, 3.63) is 30.3 Å². The molecule has 1 saturated carbocycles. The maximum absolute atomic E-state index is 11.9. The molecule has 4 heteroatoms. The zero-order valence-corrected chi connectivity index (χ0v) is 10.0. The molecule has 1 aliphatic rings. The van der Waals surface area contributed by atoms with E-state index in [-0.39, 0.29) is 10.1 Å². The highest BCUT2D eigenvalue weighted by Gasteiger charge is 2.44. The van der Waals surface area contributed by atoms with Gasteiger partial charge in [0.25, 0.3) is 0 Å². The third-order valence-corrected chi connectivity index (χ3v) is 5.71. The Hall–Kier alpha value is -0.350. The Kier molecular flexibility index (Phi) is 2.43. The van der Waals surface area contributed by atoms with E-state index in [1.54, 1.807) is 24.3 Å². The molecule has 0 N–H and O–H groups in total. The highest BCUT2D eigenvalue weighted by Crippen LogP contribution is 2.46. The summed E-state index contributed by atoms with van der Waals surface area (Å²) in [6.07, 6.45) is 1.91. The lowest BCUT2D eigenvalue weighted by Crippen LogP contribution is -2.16. The highest BCUT2D eigenvalue weighted by atomic mass is 79.9. The van der Waals surface area contributed by atoms with E-state index >= 15 is 0 Å². The van der Waals surface area contributed by atoms with Crippen molar-refractivity contribution in [1.29, 1.82) is 0 Å². The van der Waals surface area contributed by atoms with E-state index in [0.717, 1.165) is 12.8 Å². The second-order valence-electron chi connectivity index (χ2n) is 3.72. The van der Waals surface area contributed by atoms with Crippen LogP contribution in [0.15, 0.2) is 35.2 Å². The Labute approximate surface area is 92.4 Å². The van der Waals surface area contributed by atoms with Crippen LogP contribution in [0.5, 0.6) is 0 Å². The van der Waals surface area contributed by atoms with Crippen molar-refractivity contribution < 1.29 is 8.42 Å². The van der Waals surface area contributed by atoms with Gasteiger partial charge in [0.05, 0.1) is 10.6 Å². The number of rotatable bonds is 3. The van der Waals surface area contributed by atoms with Crippen LogP contribution in [0.2, 0.25) is 0 Å². The largest absolute Gasteiger partial charge is 0.224 e. The molecule has 0 aromatic heterocycles. The average Bonchev–Trinajstić information content (AvgIpc) is 2.84. The van der Waals surface area contributed by atoms with Crippen LogP contribution in [0.25, 0.3) is 0 Å². The Bertz CT molecular complexity index is 421. The summed E-state index contributed by atoms with van der Waals surface area (Å²) >= 11 is 3.44. The smallest absolute Gasteiger partial charge is 0.179 e. The van der Waals surface area contributed by atoms with Crippen molar-refractivity contribution in [2.45, 2.75) is 22.1 Å². The molecule has 0 bridgehead atoms. The SMILES string of the molecule is O=S(=O)(CC1(Br)CC1)c1ccccc1. The summed E-state index contributed by atoms with van der Waals surface area (Å²) in [7, 11) is -3.10. The first-order valence-corrected chi connectivity index (χ1v) is 6.93. The fourth-order valence-corrected chi connectivity index (χ4v) is 4.14. The molecule has 0 atom stereocenters. The van der Waals surface area contributed by atoms with Gasteiger partial charge >= 0.3 is 0 Å². The first kappa shape index (κ1) is 10.2. The molecule has 1 aliphatic carbocycles. The number of sulfone groups is 1. The maximum Gasteiger partial charge on any atom is 0.179 e. The van der Waals surface area contributed by atoms with Gasteiger partial charge in [-0.2, -0.15) is 0 Å². The molecule has 0 radical (unpaired) electrons. The van der Waals surface area contributed by atoms with Gasteiger partial charge in [-0.05, 0) is 25.0 Å². The topological polar surface area (TPSA) is 34.1 Å². The predicted molar refractivity (Wildman–Crippen MR) is 59.4 cm³/mol. The average molecular weight is 275 g/mol. The van der Waals surface area contributed by atoms with Crippen LogP contribution >= 0.6 is 15.9 Å². The highest BCUT2D eigenvalue weighted by molar-refractivity contribution is 9.10. The summed E-state index contributed by atoms with van der Waals surface area (Å²) in [5.74, 6) is 0.212. The molecule has 14 heavy (non-hydrogen) atoms. The van der Waals surface area contributed by atoms with Gasteiger partial charge in [0.15, 0.2) is 9.84 Å². The molecule has 0 saturated heterocycles. The molecular weight excluding hydrogens is 264 g/mol. The van der Waals surface area contributed by atoms with Crippen LogP contribution in [-0.2, 0) is 9.84 Å². The van der Waals surface area contributed by atoms with Crippen molar-refractivity contribution in [1.82, 2.24) is 0 Å². The number of hydrogen-bond donors (Lipinski definition) is 0. The third kappa shape index (κ3) is 2.17. The van der Waals surface area contributed by atoms with Crippen LogP contribution in [0.1, 0.15) is 12.8 Å². The van der Waals surface area contributed by atoms with Gasteiger partial charge in [0.1, 0.15) is 0 Å². The summed E-state index contributed by atoms with van der Waals surface area (Å²) in [4.78, 5) is 0.422. The van der Waals surface area contributed by atoms with Crippen molar-refractivity contribution in [3.63, 3.8) is 0 Å². The zero-order chi connectivity index (χ0) is 10.2. The van der Waals surface area contributed by atoms with Crippen molar-refractivity contribution in [2.24, 2.45) is 0 Å². The van der Waals surface area contributed by atoms with Gasteiger partial charge in [-0.25, -0.2) is 8.42 Å². The molecule has 1 fully saturated rings. The minimum Gasteiger partial charge on any atom is -0.224 e. The molecule has 2 rings (SSSR count). The molecule has 0 spiro atoms. The molecule has 2 nitrogen and oxygen atoms in total. The normalized spacial score (nSPS) is 19.2. The zero-order valence-electron chi connectivity index (χ0n) is 7.61. The van der Waals surface area contributed by atoms with Gasteiger partial charge in [-0.15, -0.1) is 0 Å². The lowest BCUT2D eigenvalue weighted by atomic mass is 10.4. The van der Waals surface area contributed by atoms with Crippen molar-refractivity contribution >= 4 is 25.8 Å². The van der Waals surface area contributed by atoms with E-state index in [9.17, 15) is 8.42 Å². The number of hydrogen-bond acceptors (Lipinski definition) is 2. The lowest BCUT2D eigenvalue weighted by Gasteiger charge is -2.07. The minimum absolute atomic E-state index is 0.137. The first-order chi connectivity index (χ1) is 6.52. The van der Waals surface area contributed by atoms with E-state index in [1.165, 1.54) is 0 Å². The first-order valence-electron chi connectivity index (χ1n) is 4.49. The molecular formula is C10H11BrO2S. The van der Waals surface area contributed by atoms with Gasteiger partial charge in [-0.1, -0.05) is 34.1 Å². The van der Waals surface area contributed by atoms with Crippen LogP contribution in [0, 0.1) is 0 Å². The van der Waals surface area contributed by atoms with Crippen molar-refractivity contribution in [2.75, 3.05) is 5.75 Å². The maximum atomic E-state index is 11.9. The minimum atomic E-state index is -3.10. The van der Waals surface area contributed by atoms with E-state index in [0.29, 0.717) is 4.90 Å².